The molecule has 1 atom stereocenters. The highest BCUT2D eigenvalue weighted by molar-refractivity contribution is 7.91. The fourth-order valence-electron chi connectivity index (χ4n) is 2.65. The van der Waals surface area contributed by atoms with Crippen LogP contribution in [0.1, 0.15) is 12.8 Å². The Labute approximate surface area is 129 Å². The molecule has 2 heterocycles. The zero-order valence-corrected chi connectivity index (χ0v) is 13.2. The Morgan fingerprint density at radius 2 is 2.00 bits per heavy atom. The van der Waals surface area contributed by atoms with E-state index in [9.17, 15) is 8.42 Å². The maximum atomic E-state index is 12.6. The molecule has 112 valence electrons. The topological polar surface area (TPSA) is 49.4 Å². The first-order valence-corrected chi connectivity index (χ1v) is 9.34. The summed E-state index contributed by atoms with van der Waals surface area (Å²) < 4.78 is 27.3. The number of anilines is 1. The van der Waals surface area contributed by atoms with Crippen molar-refractivity contribution in [3.05, 3.63) is 47.8 Å². The SMILES string of the molecule is O=S(=O)(c1cccs1)N1CCC[C@H]1CNc1ccccc1. The van der Waals surface area contributed by atoms with Crippen molar-refractivity contribution in [2.24, 2.45) is 0 Å². The minimum absolute atomic E-state index is 0.0253. The van der Waals surface area contributed by atoms with Crippen molar-refractivity contribution in [1.29, 1.82) is 0 Å². The maximum absolute atomic E-state index is 12.6. The van der Waals surface area contributed by atoms with E-state index in [0.717, 1.165) is 18.5 Å². The first kappa shape index (κ1) is 14.6. The average molecular weight is 322 g/mol. The van der Waals surface area contributed by atoms with Gasteiger partial charge in [0, 0.05) is 24.8 Å². The number of thiophene rings is 1. The number of nitrogens with zero attached hydrogens (tertiary/aromatic N) is 1. The van der Waals surface area contributed by atoms with Gasteiger partial charge >= 0.3 is 0 Å². The lowest BCUT2D eigenvalue weighted by Gasteiger charge is -2.24. The Bertz CT molecular complexity index is 669. The molecule has 1 saturated heterocycles. The summed E-state index contributed by atoms with van der Waals surface area (Å²) in [5.74, 6) is 0. The predicted octanol–water partition coefficient (Wildman–Crippen LogP) is 3.01. The molecule has 1 aromatic heterocycles. The van der Waals surface area contributed by atoms with E-state index in [0.29, 0.717) is 17.3 Å². The smallest absolute Gasteiger partial charge is 0.252 e. The second-order valence-electron chi connectivity index (χ2n) is 5.09. The van der Waals surface area contributed by atoms with E-state index in [-0.39, 0.29) is 6.04 Å². The summed E-state index contributed by atoms with van der Waals surface area (Å²) in [6.07, 6.45) is 1.83. The second-order valence-corrected chi connectivity index (χ2v) is 8.16. The highest BCUT2D eigenvalue weighted by Crippen LogP contribution is 2.28. The first-order chi connectivity index (χ1) is 10.2. The highest BCUT2D eigenvalue weighted by atomic mass is 32.2. The summed E-state index contributed by atoms with van der Waals surface area (Å²) in [4.78, 5) is 0. The Morgan fingerprint density at radius 3 is 2.71 bits per heavy atom. The van der Waals surface area contributed by atoms with Crippen LogP contribution in [0.15, 0.2) is 52.1 Å². The number of hydrogen-bond acceptors (Lipinski definition) is 4. The molecule has 1 aliphatic rings. The molecule has 0 spiro atoms. The molecule has 0 saturated carbocycles. The van der Waals surface area contributed by atoms with Gasteiger partial charge in [0.15, 0.2) is 0 Å². The molecule has 1 fully saturated rings. The van der Waals surface area contributed by atoms with Crippen LogP contribution in [-0.2, 0) is 10.0 Å². The molecule has 0 amide bonds. The van der Waals surface area contributed by atoms with E-state index in [2.05, 4.69) is 5.32 Å². The molecular formula is C15H18N2O2S2. The summed E-state index contributed by atoms with van der Waals surface area (Å²) in [7, 11) is -3.34. The van der Waals surface area contributed by atoms with Crippen LogP contribution in [0.5, 0.6) is 0 Å². The van der Waals surface area contributed by atoms with Gasteiger partial charge in [-0.05, 0) is 36.4 Å². The van der Waals surface area contributed by atoms with E-state index in [1.54, 1.807) is 21.8 Å². The molecule has 2 aromatic rings. The standard InChI is InChI=1S/C15H18N2O2S2/c18-21(19,15-9-5-11-20-15)17-10-4-8-14(17)12-16-13-6-2-1-3-7-13/h1-3,5-7,9,11,14,16H,4,8,10,12H2/t14-/m0/s1. The fraction of sp³-hybridized carbons (Fsp3) is 0.333. The summed E-state index contributed by atoms with van der Waals surface area (Å²) in [5.41, 5.74) is 1.03. The average Bonchev–Trinajstić information content (AvgIpc) is 3.18. The van der Waals surface area contributed by atoms with Gasteiger partial charge in [0.25, 0.3) is 10.0 Å². The van der Waals surface area contributed by atoms with Gasteiger partial charge in [0.05, 0.1) is 0 Å². The minimum atomic E-state index is -3.34. The van der Waals surface area contributed by atoms with Gasteiger partial charge in [-0.2, -0.15) is 4.31 Å². The predicted molar refractivity (Wildman–Crippen MR) is 86.2 cm³/mol. The Kier molecular flexibility index (Phi) is 4.28. The lowest BCUT2D eigenvalue weighted by atomic mass is 10.2. The van der Waals surface area contributed by atoms with Crippen molar-refractivity contribution in [1.82, 2.24) is 4.31 Å². The van der Waals surface area contributed by atoms with Crippen molar-refractivity contribution in [3.63, 3.8) is 0 Å². The number of para-hydroxylation sites is 1. The van der Waals surface area contributed by atoms with Crippen LogP contribution in [0.25, 0.3) is 0 Å². The van der Waals surface area contributed by atoms with Crippen LogP contribution in [0.4, 0.5) is 5.69 Å². The van der Waals surface area contributed by atoms with Crippen molar-refractivity contribution in [3.8, 4) is 0 Å². The van der Waals surface area contributed by atoms with E-state index in [1.807, 2.05) is 30.3 Å². The molecular weight excluding hydrogens is 304 g/mol. The molecule has 1 aliphatic heterocycles. The molecule has 1 aromatic carbocycles. The van der Waals surface area contributed by atoms with Crippen molar-refractivity contribution >= 4 is 27.0 Å². The summed E-state index contributed by atoms with van der Waals surface area (Å²) in [5, 5.41) is 5.14. The third-order valence-electron chi connectivity index (χ3n) is 3.70. The molecule has 6 heteroatoms. The van der Waals surface area contributed by atoms with E-state index in [4.69, 9.17) is 0 Å². The van der Waals surface area contributed by atoms with Gasteiger partial charge in [-0.15, -0.1) is 11.3 Å². The zero-order valence-electron chi connectivity index (χ0n) is 11.6. The highest BCUT2D eigenvalue weighted by Gasteiger charge is 2.35. The second kappa shape index (κ2) is 6.17. The zero-order chi connectivity index (χ0) is 14.7. The molecule has 0 bridgehead atoms. The first-order valence-electron chi connectivity index (χ1n) is 7.02. The van der Waals surface area contributed by atoms with Gasteiger partial charge in [0.2, 0.25) is 0 Å². The van der Waals surface area contributed by atoms with Crippen LogP contribution in [0.2, 0.25) is 0 Å². The summed E-state index contributed by atoms with van der Waals surface area (Å²) in [6, 6.07) is 13.4. The molecule has 1 N–H and O–H groups in total. The van der Waals surface area contributed by atoms with Crippen molar-refractivity contribution in [2.45, 2.75) is 23.1 Å². The minimum Gasteiger partial charge on any atom is -0.383 e. The number of rotatable bonds is 5. The number of nitrogens with one attached hydrogen (secondary N) is 1. The van der Waals surface area contributed by atoms with Crippen LogP contribution in [0, 0.1) is 0 Å². The third kappa shape index (κ3) is 3.12. The largest absolute Gasteiger partial charge is 0.383 e. The molecule has 3 rings (SSSR count). The fourth-order valence-corrected chi connectivity index (χ4v) is 5.46. The lowest BCUT2D eigenvalue weighted by Crippen LogP contribution is -2.39. The van der Waals surface area contributed by atoms with Gasteiger partial charge in [-0.3, -0.25) is 0 Å². The summed E-state index contributed by atoms with van der Waals surface area (Å²) >= 11 is 1.28. The van der Waals surface area contributed by atoms with Crippen LogP contribution >= 0.6 is 11.3 Å². The lowest BCUT2D eigenvalue weighted by molar-refractivity contribution is 0.400. The Morgan fingerprint density at radius 1 is 1.19 bits per heavy atom. The van der Waals surface area contributed by atoms with Gasteiger partial charge < -0.3 is 5.32 Å². The number of hydrogen-bond donors (Lipinski definition) is 1. The summed E-state index contributed by atoms with van der Waals surface area (Å²) in [6.45, 7) is 1.26. The monoisotopic (exact) mass is 322 g/mol. The quantitative estimate of drug-likeness (QED) is 0.920. The normalized spacial score (nSPS) is 19.7. The molecule has 0 unspecified atom stereocenters. The maximum Gasteiger partial charge on any atom is 0.252 e. The van der Waals surface area contributed by atoms with E-state index >= 15 is 0 Å². The molecule has 4 nitrogen and oxygen atoms in total. The van der Waals surface area contributed by atoms with E-state index < -0.39 is 10.0 Å². The third-order valence-corrected chi connectivity index (χ3v) is 7.02. The molecule has 21 heavy (non-hydrogen) atoms. The number of benzene rings is 1. The van der Waals surface area contributed by atoms with Gasteiger partial charge in [-0.1, -0.05) is 24.3 Å². The molecule has 0 radical (unpaired) electrons. The van der Waals surface area contributed by atoms with Crippen molar-refractivity contribution in [2.75, 3.05) is 18.4 Å². The van der Waals surface area contributed by atoms with Gasteiger partial charge in [-0.25, -0.2) is 8.42 Å². The van der Waals surface area contributed by atoms with Crippen LogP contribution in [-0.4, -0.2) is 31.9 Å². The Balaban J connectivity index is 1.71. The molecule has 0 aliphatic carbocycles. The Hall–Kier alpha value is -1.37. The van der Waals surface area contributed by atoms with E-state index in [1.165, 1.54) is 11.3 Å². The van der Waals surface area contributed by atoms with Gasteiger partial charge in [0.1, 0.15) is 4.21 Å². The van der Waals surface area contributed by atoms with Crippen molar-refractivity contribution < 1.29 is 8.42 Å². The van der Waals surface area contributed by atoms with Crippen LogP contribution in [0.3, 0.4) is 0 Å². The number of sulfonamides is 1. The van der Waals surface area contributed by atoms with Crippen LogP contribution < -0.4 is 5.32 Å².